The third kappa shape index (κ3) is 4.16. The van der Waals surface area contributed by atoms with Crippen molar-refractivity contribution in [1.82, 2.24) is 4.90 Å². The molecule has 3 rings (SSSR count). The lowest BCUT2D eigenvalue weighted by molar-refractivity contribution is 0.0620. The smallest absolute Gasteiger partial charge is 0.410 e. The monoisotopic (exact) mass is 338 g/mol. The fraction of sp³-hybridized carbons (Fsp3) is 0.300. The van der Waals surface area contributed by atoms with Crippen molar-refractivity contribution < 1.29 is 13.9 Å². The van der Waals surface area contributed by atoms with Crippen LogP contribution in [0.5, 0.6) is 0 Å². The minimum Gasteiger partial charge on any atom is -0.445 e. The fourth-order valence-corrected chi connectivity index (χ4v) is 3.10. The summed E-state index contributed by atoms with van der Waals surface area (Å²) >= 11 is 0. The van der Waals surface area contributed by atoms with Crippen LogP contribution in [0.15, 0.2) is 54.6 Å². The van der Waals surface area contributed by atoms with Crippen LogP contribution in [-0.2, 0) is 11.3 Å². The number of rotatable bonds is 3. The molecule has 1 amide bonds. The van der Waals surface area contributed by atoms with Crippen molar-refractivity contribution in [2.75, 3.05) is 6.54 Å². The number of ether oxygens (including phenoxy) is 1. The summed E-state index contributed by atoms with van der Waals surface area (Å²) < 4.78 is 18.6. The van der Waals surface area contributed by atoms with Gasteiger partial charge in [-0.05, 0) is 36.1 Å². The summed E-state index contributed by atoms with van der Waals surface area (Å²) in [6, 6.07) is 17.6. The Morgan fingerprint density at radius 1 is 1.20 bits per heavy atom. The van der Waals surface area contributed by atoms with Gasteiger partial charge in [0.1, 0.15) is 12.4 Å². The van der Waals surface area contributed by atoms with Gasteiger partial charge in [-0.3, -0.25) is 0 Å². The Bertz CT molecular complexity index is 756. The van der Waals surface area contributed by atoms with Crippen LogP contribution >= 0.6 is 0 Å². The van der Waals surface area contributed by atoms with Crippen LogP contribution in [-0.4, -0.2) is 17.5 Å². The van der Waals surface area contributed by atoms with E-state index in [0.717, 1.165) is 11.1 Å². The molecule has 4 nitrogen and oxygen atoms in total. The zero-order valence-electron chi connectivity index (χ0n) is 13.8. The van der Waals surface area contributed by atoms with Crippen molar-refractivity contribution in [3.63, 3.8) is 0 Å². The Morgan fingerprint density at radius 3 is 2.60 bits per heavy atom. The van der Waals surface area contributed by atoms with Gasteiger partial charge in [0, 0.05) is 6.54 Å². The molecule has 0 saturated carbocycles. The summed E-state index contributed by atoms with van der Waals surface area (Å²) in [5.74, 6) is -0.442. The van der Waals surface area contributed by atoms with E-state index in [-0.39, 0.29) is 24.4 Å². The van der Waals surface area contributed by atoms with Gasteiger partial charge in [-0.15, -0.1) is 0 Å². The van der Waals surface area contributed by atoms with E-state index in [0.29, 0.717) is 19.4 Å². The van der Waals surface area contributed by atoms with E-state index in [1.54, 1.807) is 17.0 Å². The Morgan fingerprint density at radius 2 is 1.92 bits per heavy atom. The second kappa shape index (κ2) is 7.80. The summed E-state index contributed by atoms with van der Waals surface area (Å²) in [5.41, 5.74) is 1.74. The molecule has 1 heterocycles. The largest absolute Gasteiger partial charge is 0.445 e. The summed E-state index contributed by atoms with van der Waals surface area (Å²) in [6.45, 7) is 0.655. The zero-order chi connectivity index (χ0) is 17.6. The Kier molecular flexibility index (Phi) is 5.30. The van der Waals surface area contributed by atoms with Gasteiger partial charge in [0.05, 0.1) is 18.0 Å². The average molecular weight is 338 g/mol. The van der Waals surface area contributed by atoms with Crippen molar-refractivity contribution >= 4 is 6.09 Å². The van der Waals surface area contributed by atoms with Gasteiger partial charge in [-0.2, -0.15) is 5.26 Å². The third-order valence-corrected chi connectivity index (χ3v) is 4.48. The van der Waals surface area contributed by atoms with Crippen LogP contribution in [0.1, 0.15) is 30.0 Å². The van der Waals surface area contributed by atoms with Crippen LogP contribution in [0, 0.1) is 23.1 Å². The summed E-state index contributed by atoms with van der Waals surface area (Å²) in [5, 5.41) is 9.23. The molecule has 0 bridgehead atoms. The quantitative estimate of drug-likeness (QED) is 0.831. The number of hydrogen-bond donors (Lipinski definition) is 0. The maximum absolute atomic E-state index is 13.2. The molecule has 0 radical (unpaired) electrons. The van der Waals surface area contributed by atoms with E-state index in [1.807, 2.05) is 30.3 Å². The highest BCUT2D eigenvalue weighted by Gasteiger charge is 2.33. The molecule has 1 aliphatic rings. The van der Waals surface area contributed by atoms with Crippen molar-refractivity contribution in [1.29, 1.82) is 5.26 Å². The van der Waals surface area contributed by atoms with Crippen LogP contribution in [0.4, 0.5) is 9.18 Å². The zero-order valence-corrected chi connectivity index (χ0v) is 13.8. The molecule has 25 heavy (non-hydrogen) atoms. The molecule has 1 saturated heterocycles. The van der Waals surface area contributed by atoms with Gasteiger partial charge < -0.3 is 9.64 Å². The number of nitriles is 1. The van der Waals surface area contributed by atoms with Crippen molar-refractivity contribution in [3.8, 4) is 6.07 Å². The molecule has 1 fully saturated rings. The van der Waals surface area contributed by atoms with E-state index < -0.39 is 6.09 Å². The number of halogens is 1. The number of amides is 1. The maximum atomic E-state index is 13.2. The molecule has 0 unspecified atom stereocenters. The molecule has 2 aromatic rings. The van der Waals surface area contributed by atoms with E-state index >= 15 is 0 Å². The average Bonchev–Trinajstić information content (AvgIpc) is 2.67. The lowest BCUT2D eigenvalue weighted by atomic mass is 9.88. The number of carbonyl (C=O) groups excluding carboxylic acids is 1. The van der Waals surface area contributed by atoms with E-state index in [4.69, 9.17) is 4.74 Å². The van der Waals surface area contributed by atoms with Gasteiger partial charge >= 0.3 is 6.09 Å². The Labute approximate surface area is 146 Å². The fourth-order valence-electron chi connectivity index (χ4n) is 3.10. The number of piperidine rings is 1. The minimum absolute atomic E-state index is 0.117. The van der Waals surface area contributed by atoms with Crippen molar-refractivity contribution in [2.45, 2.75) is 25.5 Å². The van der Waals surface area contributed by atoms with Crippen LogP contribution in [0.25, 0.3) is 0 Å². The normalized spacial score (nSPS) is 19.9. The molecule has 2 aromatic carbocycles. The van der Waals surface area contributed by atoms with Crippen LogP contribution < -0.4 is 0 Å². The first-order valence-corrected chi connectivity index (χ1v) is 8.30. The predicted octanol–water partition coefficient (Wildman–Crippen LogP) is 4.44. The third-order valence-electron chi connectivity index (χ3n) is 4.48. The highest BCUT2D eigenvalue weighted by atomic mass is 19.1. The van der Waals surface area contributed by atoms with Crippen molar-refractivity contribution in [2.24, 2.45) is 5.92 Å². The first-order valence-electron chi connectivity index (χ1n) is 8.30. The lowest BCUT2D eigenvalue weighted by Crippen LogP contribution is -2.41. The molecular weight excluding hydrogens is 319 g/mol. The summed E-state index contributed by atoms with van der Waals surface area (Å²) in [7, 11) is 0. The van der Waals surface area contributed by atoms with Crippen LogP contribution in [0.2, 0.25) is 0 Å². The van der Waals surface area contributed by atoms with E-state index in [2.05, 4.69) is 6.07 Å². The first kappa shape index (κ1) is 17.0. The summed E-state index contributed by atoms with van der Waals surface area (Å²) in [4.78, 5) is 14.2. The van der Waals surface area contributed by atoms with Gasteiger partial charge in [0.15, 0.2) is 0 Å². The highest BCUT2D eigenvalue weighted by molar-refractivity contribution is 5.68. The van der Waals surface area contributed by atoms with Crippen LogP contribution in [0.3, 0.4) is 0 Å². The Hall–Kier alpha value is -2.87. The molecule has 5 heteroatoms. The molecule has 1 aliphatic heterocycles. The predicted molar refractivity (Wildman–Crippen MR) is 90.8 cm³/mol. The number of hydrogen-bond acceptors (Lipinski definition) is 3. The molecule has 0 spiro atoms. The second-order valence-corrected chi connectivity index (χ2v) is 6.15. The Balaban J connectivity index is 1.73. The highest BCUT2D eigenvalue weighted by Crippen LogP contribution is 2.34. The standard InChI is InChI=1S/C20H19FN2O2/c21-18-8-6-17(7-9-18)19-12-16(13-22)10-11-23(19)20(24)25-14-15-4-2-1-3-5-15/h1-9,16,19H,10-12,14H2/t16-,19+/m1/s1. The maximum Gasteiger partial charge on any atom is 0.410 e. The molecule has 0 aliphatic carbocycles. The molecular formula is C20H19FN2O2. The van der Waals surface area contributed by atoms with E-state index in [9.17, 15) is 14.4 Å². The second-order valence-electron chi connectivity index (χ2n) is 6.15. The molecule has 2 atom stereocenters. The topological polar surface area (TPSA) is 53.3 Å². The number of benzene rings is 2. The minimum atomic E-state index is -0.408. The number of nitrogens with zero attached hydrogens (tertiary/aromatic N) is 2. The van der Waals surface area contributed by atoms with E-state index in [1.165, 1.54) is 12.1 Å². The van der Waals surface area contributed by atoms with Gasteiger partial charge in [0.2, 0.25) is 0 Å². The SMILES string of the molecule is N#C[C@@H]1CCN(C(=O)OCc2ccccc2)[C@H](c2ccc(F)cc2)C1. The van der Waals surface area contributed by atoms with Gasteiger partial charge in [-0.25, -0.2) is 9.18 Å². The van der Waals surface area contributed by atoms with Gasteiger partial charge in [-0.1, -0.05) is 42.5 Å². The molecule has 0 N–H and O–H groups in total. The van der Waals surface area contributed by atoms with Crippen molar-refractivity contribution in [3.05, 3.63) is 71.5 Å². The number of likely N-dealkylation sites (tertiary alicyclic amines) is 1. The van der Waals surface area contributed by atoms with Gasteiger partial charge in [0.25, 0.3) is 0 Å². The lowest BCUT2D eigenvalue weighted by Gasteiger charge is -2.37. The number of carbonyl (C=O) groups is 1. The molecule has 128 valence electrons. The summed E-state index contributed by atoms with van der Waals surface area (Å²) in [6.07, 6.45) is 0.742. The molecule has 0 aromatic heterocycles. The first-order chi connectivity index (χ1) is 12.2.